The summed E-state index contributed by atoms with van der Waals surface area (Å²) in [5, 5.41) is 19.9. The number of aryl methyl sites for hydroxylation is 1. The van der Waals surface area contributed by atoms with Crippen LogP contribution in [-0.4, -0.2) is 52.5 Å². The molecule has 0 spiro atoms. The van der Waals surface area contributed by atoms with Crippen molar-refractivity contribution in [3.63, 3.8) is 0 Å². The van der Waals surface area contributed by atoms with Crippen LogP contribution in [0.5, 0.6) is 0 Å². The van der Waals surface area contributed by atoms with Crippen molar-refractivity contribution in [2.75, 3.05) is 11.1 Å². The zero-order valence-corrected chi connectivity index (χ0v) is 28.4. The van der Waals surface area contributed by atoms with Gasteiger partial charge in [-0.2, -0.15) is 9.82 Å². The monoisotopic (exact) mass is 699 g/mol. The maximum atomic E-state index is 13.8. The predicted molar refractivity (Wildman–Crippen MR) is 186 cm³/mol. The fourth-order valence-corrected chi connectivity index (χ4v) is 7.45. The number of nitrogens with zero attached hydrogens (tertiary/aromatic N) is 2. The molecule has 4 atom stereocenters. The molecular weight excluding hydrogens is 663 g/mol. The van der Waals surface area contributed by atoms with E-state index in [-0.39, 0.29) is 30.1 Å². The Bertz CT molecular complexity index is 1930. The first-order valence-corrected chi connectivity index (χ1v) is 18.2. The number of hydrogen-bond donors (Lipinski definition) is 4. The molecule has 0 radical (unpaired) electrons. The van der Waals surface area contributed by atoms with E-state index in [0.29, 0.717) is 28.6 Å². The zero-order chi connectivity index (χ0) is 34.2. The first-order chi connectivity index (χ1) is 23.8. The van der Waals surface area contributed by atoms with E-state index in [4.69, 9.17) is 9.47 Å². The highest BCUT2D eigenvalue weighted by Crippen LogP contribution is 2.39. The first-order valence-electron chi connectivity index (χ1n) is 15.8. The largest absolute Gasteiger partial charge is 0.392 e. The van der Waals surface area contributed by atoms with E-state index in [2.05, 4.69) is 25.2 Å². The average Bonchev–Trinajstić information content (AvgIpc) is 3.65. The lowest BCUT2D eigenvalue weighted by molar-refractivity contribution is -0.245. The summed E-state index contributed by atoms with van der Waals surface area (Å²) in [6.45, 7) is 1.83. The van der Waals surface area contributed by atoms with Crippen molar-refractivity contribution < 1.29 is 27.8 Å². The van der Waals surface area contributed by atoms with Crippen molar-refractivity contribution in [2.45, 2.75) is 61.0 Å². The minimum Gasteiger partial charge on any atom is -0.392 e. The van der Waals surface area contributed by atoms with Crippen LogP contribution in [0.4, 0.5) is 5.69 Å². The normalized spacial score (nSPS) is 18.5. The van der Waals surface area contributed by atoms with Crippen LogP contribution < -0.4 is 10.0 Å². The van der Waals surface area contributed by atoms with Gasteiger partial charge in [-0.3, -0.25) is 9.89 Å². The molecule has 0 unspecified atom stereocenters. The Morgan fingerprint density at radius 2 is 1.73 bits per heavy atom. The number of thioether (sulfide) groups is 1. The fourth-order valence-electron chi connectivity index (χ4n) is 5.46. The number of nitrogens with one attached hydrogen (secondary N) is 3. The summed E-state index contributed by atoms with van der Waals surface area (Å²) in [5.41, 5.74) is 4.64. The Labute approximate surface area is 289 Å². The molecule has 1 aliphatic rings. The van der Waals surface area contributed by atoms with E-state index >= 15 is 0 Å². The zero-order valence-electron chi connectivity index (χ0n) is 26.7. The van der Waals surface area contributed by atoms with Gasteiger partial charge in [-0.1, -0.05) is 96.2 Å². The van der Waals surface area contributed by atoms with Gasteiger partial charge < -0.3 is 19.9 Å². The van der Waals surface area contributed by atoms with Gasteiger partial charge in [0, 0.05) is 23.4 Å². The number of rotatable bonds is 13. The van der Waals surface area contributed by atoms with Gasteiger partial charge in [0.25, 0.3) is 0 Å². The number of H-pyrrole nitrogens is 1. The number of sulfonamides is 1. The molecule has 0 saturated carbocycles. The Balaban J connectivity index is 1.21. The van der Waals surface area contributed by atoms with Crippen LogP contribution in [0.15, 0.2) is 120 Å². The highest BCUT2D eigenvalue weighted by atomic mass is 32.2. The molecule has 1 fully saturated rings. The second-order valence-electron chi connectivity index (χ2n) is 11.7. The van der Waals surface area contributed by atoms with Gasteiger partial charge in [-0.25, -0.2) is 13.4 Å². The first kappa shape index (κ1) is 34.5. The fraction of sp³-hybridized carbons (Fsp3) is 0.250. The lowest BCUT2D eigenvalue weighted by atomic mass is 10.0. The van der Waals surface area contributed by atoms with Crippen LogP contribution in [-0.2, 0) is 37.3 Å². The standard InChI is InChI=1S/C36H37N5O6S2/c1-24-10-16-31(17-11-24)49(44,45)41-32(18-25-6-3-2-4-7-25)34(43)39-29-9-5-8-28(19-29)35-46-30(22-48-36-37-23-38-40-36)20-33(47-35)27-14-12-26(21-42)13-15-27/h2-17,19,23,30,32-33,35,41-42H,18,20-22H2,1H3,(H,39,43)(H,37,38,40)/t30-,32+,33+,35+/m0/s1. The molecule has 0 aliphatic carbocycles. The molecule has 13 heteroatoms. The molecule has 4 aromatic carbocycles. The third-order valence-corrected chi connectivity index (χ3v) is 10.6. The molecule has 0 bridgehead atoms. The van der Waals surface area contributed by atoms with Crippen LogP contribution in [0.2, 0.25) is 0 Å². The van der Waals surface area contributed by atoms with Crippen LogP contribution in [0.3, 0.4) is 0 Å². The number of amides is 1. The van der Waals surface area contributed by atoms with Gasteiger partial charge in [0.05, 0.1) is 23.7 Å². The van der Waals surface area contributed by atoms with E-state index in [1.165, 1.54) is 30.2 Å². The molecule has 254 valence electrons. The molecule has 1 aliphatic heterocycles. The summed E-state index contributed by atoms with van der Waals surface area (Å²) in [5.74, 6) is 0.0873. The number of aromatic nitrogens is 3. The molecular formula is C36H37N5O6S2. The van der Waals surface area contributed by atoms with Gasteiger partial charge in [-0.05, 0) is 54.3 Å². The van der Waals surface area contributed by atoms with Crippen molar-refractivity contribution in [2.24, 2.45) is 0 Å². The van der Waals surface area contributed by atoms with Crippen molar-refractivity contribution in [1.82, 2.24) is 19.9 Å². The van der Waals surface area contributed by atoms with Crippen LogP contribution >= 0.6 is 11.8 Å². The highest BCUT2D eigenvalue weighted by molar-refractivity contribution is 7.99. The highest BCUT2D eigenvalue weighted by Gasteiger charge is 2.33. The average molecular weight is 700 g/mol. The molecule has 6 rings (SSSR count). The smallest absolute Gasteiger partial charge is 0.242 e. The number of carbonyl (C=O) groups excluding carboxylic acids is 1. The SMILES string of the molecule is Cc1ccc(S(=O)(=O)N[C@H](Cc2ccccc2)C(=O)Nc2cccc([C@@H]3O[C@H](CSc4ncn[nH]4)C[C@H](c4ccc(CO)cc4)O3)c2)cc1. The maximum absolute atomic E-state index is 13.8. The number of aromatic amines is 1. The second-order valence-corrected chi connectivity index (χ2v) is 14.5. The number of aliphatic hydroxyl groups is 1. The Morgan fingerprint density at radius 3 is 2.45 bits per heavy atom. The van der Waals surface area contributed by atoms with Crippen molar-refractivity contribution in [3.05, 3.63) is 137 Å². The molecule has 1 amide bonds. The second kappa shape index (κ2) is 15.9. The number of aliphatic hydroxyl groups excluding tert-OH is 1. The summed E-state index contributed by atoms with van der Waals surface area (Å²) in [7, 11) is -4.00. The maximum Gasteiger partial charge on any atom is 0.242 e. The molecule has 2 heterocycles. The van der Waals surface area contributed by atoms with Gasteiger partial charge in [0.2, 0.25) is 15.9 Å². The van der Waals surface area contributed by atoms with Crippen molar-refractivity contribution in [3.8, 4) is 0 Å². The van der Waals surface area contributed by atoms with Crippen LogP contribution in [0.1, 0.15) is 46.6 Å². The number of hydrogen-bond acceptors (Lipinski definition) is 9. The summed E-state index contributed by atoms with van der Waals surface area (Å²) in [6.07, 6.45) is 0.938. The van der Waals surface area contributed by atoms with Crippen LogP contribution in [0, 0.1) is 6.92 Å². The molecule has 49 heavy (non-hydrogen) atoms. The minimum atomic E-state index is -4.00. The van der Waals surface area contributed by atoms with Gasteiger partial charge in [0.1, 0.15) is 12.4 Å². The topological polar surface area (TPSA) is 156 Å². The van der Waals surface area contributed by atoms with Gasteiger partial charge in [0.15, 0.2) is 11.4 Å². The lowest BCUT2D eigenvalue weighted by Gasteiger charge is -2.36. The molecule has 5 aromatic rings. The van der Waals surface area contributed by atoms with Gasteiger partial charge >= 0.3 is 0 Å². The Morgan fingerprint density at radius 1 is 0.959 bits per heavy atom. The van der Waals surface area contributed by atoms with Gasteiger partial charge in [-0.15, -0.1) is 0 Å². The summed E-state index contributed by atoms with van der Waals surface area (Å²) < 4.78 is 42.2. The Kier molecular flexibility index (Phi) is 11.2. The summed E-state index contributed by atoms with van der Waals surface area (Å²) in [6, 6.07) is 29.4. The molecule has 4 N–H and O–H groups in total. The number of benzene rings is 4. The van der Waals surface area contributed by atoms with E-state index in [9.17, 15) is 18.3 Å². The van der Waals surface area contributed by atoms with Crippen LogP contribution in [0.25, 0.3) is 0 Å². The number of ether oxygens (including phenoxy) is 2. The number of carbonyl (C=O) groups is 1. The molecule has 1 aromatic heterocycles. The van der Waals surface area contributed by atoms with Crippen molar-refractivity contribution >= 4 is 33.4 Å². The molecule has 1 saturated heterocycles. The summed E-state index contributed by atoms with van der Waals surface area (Å²) >= 11 is 1.50. The Hall–Kier alpha value is -4.37. The third kappa shape index (κ3) is 9.21. The van der Waals surface area contributed by atoms with E-state index in [0.717, 1.165) is 22.3 Å². The lowest BCUT2D eigenvalue weighted by Crippen LogP contribution is -2.45. The third-order valence-electron chi connectivity index (χ3n) is 8.07. The quantitative estimate of drug-likeness (QED) is 0.117. The summed E-state index contributed by atoms with van der Waals surface area (Å²) in [4.78, 5) is 18.0. The van der Waals surface area contributed by atoms with E-state index < -0.39 is 28.3 Å². The molecule has 11 nitrogen and oxygen atoms in total. The van der Waals surface area contributed by atoms with E-state index in [1.54, 1.807) is 30.3 Å². The minimum absolute atomic E-state index is 0.0495. The number of anilines is 1. The predicted octanol–water partition coefficient (Wildman–Crippen LogP) is 5.47. The van der Waals surface area contributed by atoms with Crippen molar-refractivity contribution in [1.29, 1.82) is 0 Å². The van der Waals surface area contributed by atoms with E-state index in [1.807, 2.05) is 67.6 Å².